The van der Waals surface area contributed by atoms with Gasteiger partial charge in [0.25, 0.3) is 0 Å². The summed E-state index contributed by atoms with van der Waals surface area (Å²) in [6, 6.07) is 13.4. The predicted molar refractivity (Wildman–Crippen MR) is 80.5 cm³/mol. The highest BCUT2D eigenvalue weighted by atomic mass is 16.5. The SMILES string of the molecule is CCc1ccc(COC(=O)c2cc(C)ccc2N)cc1. The average Bonchev–Trinajstić information content (AvgIpc) is 2.47. The van der Waals surface area contributed by atoms with Crippen molar-refractivity contribution in [2.24, 2.45) is 0 Å². The molecule has 0 aliphatic rings. The van der Waals surface area contributed by atoms with Crippen molar-refractivity contribution in [2.45, 2.75) is 26.9 Å². The molecule has 0 aromatic heterocycles. The molecule has 104 valence electrons. The number of hydrogen-bond donors (Lipinski definition) is 1. The van der Waals surface area contributed by atoms with E-state index in [1.54, 1.807) is 12.1 Å². The van der Waals surface area contributed by atoms with Gasteiger partial charge in [-0.05, 0) is 36.6 Å². The van der Waals surface area contributed by atoms with Crippen LogP contribution < -0.4 is 5.73 Å². The molecule has 3 nitrogen and oxygen atoms in total. The highest BCUT2D eigenvalue weighted by Gasteiger charge is 2.11. The van der Waals surface area contributed by atoms with Gasteiger partial charge in [0.05, 0.1) is 5.56 Å². The van der Waals surface area contributed by atoms with Gasteiger partial charge in [-0.25, -0.2) is 4.79 Å². The molecule has 0 amide bonds. The zero-order valence-corrected chi connectivity index (χ0v) is 11.8. The molecule has 0 radical (unpaired) electrons. The van der Waals surface area contributed by atoms with Gasteiger partial charge >= 0.3 is 5.97 Å². The Morgan fingerprint density at radius 3 is 2.40 bits per heavy atom. The molecular weight excluding hydrogens is 250 g/mol. The second kappa shape index (κ2) is 6.24. The minimum Gasteiger partial charge on any atom is -0.457 e. The van der Waals surface area contributed by atoms with Gasteiger partial charge in [0.1, 0.15) is 6.61 Å². The minimum atomic E-state index is -0.384. The summed E-state index contributed by atoms with van der Waals surface area (Å²) in [7, 11) is 0. The number of carbonyl (C=O) groups is 1. The molecule has 2 aromatic carbocycles. The molecule has 0 aliphatic heterocycles. The van der Waals surface area contributed by atoms with Crippen molar-refractivity contribution >= 4 is 11.7 Å². The molecule has 2 aromatic rings. The Kier molecular flexibility index (Phi) is 4.41. The molecule has 0 atom stereocenters. The van der Waals surface area contributed by atoms with E-state index in [0.717, 1.165) is 17.5 Å². The maximum atomic E-state index is 12.0. The third-order valence-electron chi connectivity index (χ3n) is 3.23. The van der Waals surface area contributed by atoms with Crippen LogP contribution in [0.1, 0.15) is 34.0 Å². The zero-order valence-electron chi connectivity index (χ0n) is 11.8. The number of rotatable bonds is 4. The van der Waals surface area contributed by atoms with Crippen LogP contribution in [0.2, 0.25) is 0 Å². The van der Waals surface area contributed by atoms with Gasteiger partial charge in [-0.15, -0.1) is 0 Å². The number of aryl methyl sites for hydroxylation is 2. The van der Waals surface area contributed by atoms with Crippen molar-refractivity contribution in [1.29, 1.82) is 0 Å². The van der Waals surface area contributed by atoms with Crippen LogP contribution in [0, 0.1) is 6.92 Å². The second-order valence-corrected chi connectivity index (χ2v) is 4.84. The van der Waals surface area contributed by atoms with Crippen molar-refractivity contribution in [3.05, 3.63) is 64.7 Å². The van der Waals surface area contributed by atoms with E-state index in [0.29, 0.717) is 11.3 Å². The summed E-state index contributed by atoms with van der Waals surface area (Å²) in [5, 5.41) is 0. The zero-order chi connectivity index (χ0) is 14.5. The Balaban J connectivity index is 2.02. The monoisotopic (exact) mass is 269 g/mol. The minimum absolute atomic E-state index is 0.260. The topological polar surface area (TPSA) is 52.3 Å². The number of nitrogens with two attached hydrogens (primary N) is 1. The molecule has 0 spiro atoms. The molecular formula is C17H19NO2. The maximum absolute atomic E-state index is 12.0. The van der Waals surface area contributed by atoms with E-state index in [1.807, 2.05) is 37.3 Å². The number of esters is 1. The molecule has 0 saturated carbocycles. The van der Waals surface area contributed by atoms with Crippen LogP contribution in [0.25, 0.3) is 0 Å². The quantitative estimate of drug-likeness (QED) is 0.682. The molecule has 0 bridgehead atoms. The van der Waals surface area contributed by atoms with Crippen LogP contribution >= 0.6 is 0 Å². The van der Waals surface area contributed by atoms with Gasteiger partial charge in [-0.2, -0.15) is 0 Å². The van der Waals surface area contributed by atoms with E-state index in [4.69, 9.17) is 10.5 Å². The van der Waals surface area contributed by atoms with Crippen molar-refractivity contribution in [2.75, 3.05) is 5.73 Å². The van der Waals surface area contributed by atoms with E-state index in [2.05, 4.69) is 6.92 Å². The third kappa shape index (κ3) is 3.38. The molecule has 0 unspecified atom stereocenters. The Hall–Kier alpha value is -2.29. The van der Waals surface area contributed by atoms with Crippen LogP contribution in [0.4, 0.5) is 5.69 Å². The largest absolute Gasteiger partial charge is 0.457 e. The summed E-state index contributed by atoms with van der Waals surface area (Å²) in [5.41, 5.74) is 9.89. The fourth-order valence-corrected chi connectivity index (χ4v) is 1.94. The first kappa shape index (κ1) is 14.1. The number of benzene rings is 2. The van der Waals surface area contributed by atoms with Crippen LogP contribution in [-0.4, -0.2) is 5.97 Å². The normalized spacial score (nSPS) is 10.3. The van der Waals surface area contributed by atoms with Gasteiger partial charge in [-0.3, -0.25) is 0 Å². The Labute approximate surface area is 119 Å². The van der Waals surface area contributed by atoms with Crippen LogP contribution in [0.5, 0.6) is 0 Å². The fourth-order valence-electron chi connectivity index (χ4n) is 1.94. The van der Waals surface area contributed by atoms with Gasteiger partial charge < -0.3 is 10.5 Å². The number of nitrogen functional groups attached to an aromatic ring is 1. The first-order chi connectivity index (χ1) is 9.60. The lowest BCUT2D eigenvalue weighted by atomic mass is 10.1. The number of anilines is 1. The van der Waals surface area contributed by atoms with Gasteiger partial charge in [0, 0.05) is 5.69 Å². The van der Waals surface area contributed by atoms with Gasteiger partial charge in [0.15, 0.2) is 0 Å². The van der Waals surface area contributed by atoms with E-state index < -0.39 is 0 Å². The third-order valence-corrected chi connectivity index (χ3v) is 3.23. The smallest absolute Gasteiger partial charge is 0.340 e. The Bertz CT molecular complexity index is 603. The summed E-state index contributed by atoms with van der Waals surface area (Å²) in [5.74, 6) is -0.384. The van der Waals surface area contributed by atoms with Crippen molar-refractivity contribution < 1.29 is 9.53 Å². The fraction of sp³-hybridized carbons (Fsp3) is 0.235. The van der Waals surface area contributed by atoms with Crippen molar-refractivity contribution in [3.63, 3.8) is 0 Å². The summed E-state index contributed by atoms with van der Waals surface area (Å²) >= 11 is 0. The summed E-state index contributed by atoms with van der Waals surface area (Å²) in [6.07, 6.45) is 1.000. The van der Waals surface area contributed by atoms with Crippen LogP contribution in [0.3, 0.4) is 0 Å². The molecule has 2 N–H and O–H groups in total. The second-order valence-electron chi connectivity index (χ2n) is 4.84. The summed E-state index contributed by atoms with van der Waals surface area (Å²) < 4.78 is 5.30. The summed E-state index contributed by atoms with van der Waals surface area (Å²) in [4.78, 5) is 12.0. The molecule has 20 heavy (non-hydrogen) atoms. The van der Waals surface area contributed by atoms with Gasteiger partial charge in [-0.1, -0.05) is 42.8 Å². The number of carbonyl (C=O) groups excluding carboxylic acids is 1. The van der Waals surface area contributed by atoms with Crippen LogP contribution in [-0.2, 0) is 17.8 Å². The molecule has 3 heteroatoms. The average molecular weight is 269 g/mol. The maximum Gasteiger partial charge on any atom is 0.340 e. The van der Waals surface area contributed by atoms with Crippen LogP contribution in [0.15, 0.2) is 42.5 Å². The lowest BCUT2D eigenvalue weighted by Gasteiger charge is -2.08. The number of hydrogen-bond acceptors (Lipinski definition) is 3. The van der Waals surface area contributed by atoms with Crippen molar-refractivity contribution in [3.8, 4) is 0 Å². The lowest BCUT2D eigenvalue weighted by molar-refractivity contribution is 0.0474. The van der Waals surface area contributed by atoms with Crippen molar-refractivity contribution in [1.82, 2.24) is 0 Å². The highest BCUT2D eigenvalue weighted by Crippen LogP contribution is 2.16. The standard InChI is InChI=1S/C17H19NO2/c1-3-13-5-7-14(8-6-13)11-20-17(19)15-10-12(2)4-9-16(15)18/h4-10H,3,11,18H2,1-2H3. The van der Waals surface area contributed by atoms with Gasteiger partial charge in [0.2, 0.25) is 0 Å². The van der Waals surface area contributed by atoms with E-state index in [9.17, 15) is 4.79 Å². The Morgan fingerprint density at radius 1 is 1.10 bits per heavy atom. The molecule has 0 fully saturated rings. The molecule has 0 heterocycles. The first-order valence-corrected chi connectivity index (χ1v) is 6.71. The Morgan fingerprint density at radius 2 is 1.75 bits per heavy atom. The van der Waals surface area contributed by atoms with E-state index in [-0.39, 0.29) is 12.6 Å². The lowest BCUT2D eigenvalue weighted by Crippen LogP contribution is -2.08. The number of ether oxygens (including phenoxy) is 1. The molecule has 2 rings (SSSR count). The highest BCUT2D eigenvalue weighted by molar-refractivity contribution is 5.95. The predicted octanol–water partition coefficient (Wildman–Crippen LogP) is 3.50. The molecule has 0 aliphatic carbocycles. The van der Waals surface area contributed by atoms with E-state index in [1.165, 1.54) is 5.56 Å². The molecule has 0 saturated heterocycles. The summed E-state index contributed by atoms with van der Waals surface area (Å²) in [6.45, 7) is 4.28. The van der Waals surface area contributed by atoms with E-state index >= 15 is 0 Å². The first-order valence-electron chi connectivity index (χ1n) is 6.71.